The van der Waals surface area contributed by atoms with Gasteiger partial charge >= 0.3 is 7.12 Å². The summed E-state index contributed by atoms with van der Waals surface area (Å²) >= 11 is 0. The molecule has 0 unspecified atom stereocenters. The van der Waals surface area contributed by atoms with Gasteiger partial charge in [0, 0.05) is 11.8 Å². The zero-order chi connectivity index (χ0) is 16.1. The second kappa shape index (κ2) is 5.24. The summed E-state index contributed by atoms with van der Waals surface area (Å²) in [7, 11) is -0.440. The lowest BCUT2D eigenvalue weighted by Crippen LogP contribution is -2.41. The average Bonchev–Trinajstić information content (AvgIpc) is 3.16. The predicted molar refractivity (Wildman–Crippen MR) is 87.7 cm³/mol. The molecule has 0 bridgehead atoms. The molecule has 0 aromatic carbocycles. The number of aromatic nitrogens is 1. The molecule has 1 aliphatic carbocycles. The summed E-state index contributed by atoms with van der Waals surface area (Å²) < 4.78 is 18.4. The molecule has 0 radical (unpaired) electrons. The maximum atomic E-state index is 6.18. The zero-order valence-corrected chi connectivity index (χ0v) is 14.5. The van der Waals surface area contributed by atoms with Crippen molar-refractivity contribution in [1.82, 2.24) is 4.98 Å². The van der Waals surface area contributed by atoms with Crippen LogP contribution in [-0.2, 0) is 9.31 Å². The van der Waals surface area contributed by atoms with Crippen LogP contribution in [0.25, 0.3) is 0 Å². The van der Waals surface area contributed by atoms with Gasteiger partial charge in [-0.15, -0.1) is 0 Å². The molecule has 4 nitrogen and oxygen atoms in total. The van der Waals surface area contributed by atoms with Crippen molar-refractivity contribution in [2.75, 3.05) is 0 Å². The minimum absolute atomic E-state index is 0.302. The van der Waals surface area contributed by atoms with Crippen LogP contribution >= 0.6 is 0 Å². The Labute approximate surface area is 133 Å². The third kappa shape index (κ3) is 2.76. The Morgan fingerprint density at radius 3 is 2.27 bits per heavy atom. The molecule has 5 heteroatoms. The second-order valence-electron chi connectivity index (χ2n) is 7.67. The van der Waals surface area contributed by atoms with Crippen molar-refractivity contribution < 1.29 is 14.0 Å². The van der Waals surface area contributed by atoms with Crippen LogP contribution < -0.4 is 10.3 Å². The Balaban J connectivity index is 1.96. The largest absolute Gasteiger partial charge is 0.514 e. The Morgan fingerprint density at radius 2 is 1.77 bits per heavy atom. The predicted octanol–water partition coefficient (Wildman–Crippen LogP) is 3.05. The molecule has 0 atom stereocenters. The number of pyridine rings is 1. The van der Waals surface area contributed by atoms with Crippen LogP contribution in [0.1, 0.15) is 65.9 Å². The number of ether oxygens (including phenoxy) is 1. The van der Waals surface area contributed by atoms with E-state index in [1.807, 2.05) is 6.07 Å². The van der Waals surface area contributed by atoms with Gasteiger partial charge in [0.25, 0.3) is 0 Å². The van der Waals surface area contributed by atoms with Gasteiger partial charge in [-0.3, -0.25) is 4.98 Å². The topological polar surface area (TPSA) is 40.6 Å². The van der Waals surface area contributed by atoms with Crippen LogP contribution in [0.3, 0.4) is 0 Å². The molecule has 22 heavy (non-hydrogen) atoms. The first kappa shape index (κ1) is 15.8. The number of hydrogen-bond acceptors (Lipinski definition) is 4. The van der Waals surface area contributed by atoms with Gasteiger partial charge in [-0.1, -0.05) is 13.8 Å². The summed E-state index contributed by atoms with van der Waals surface area (Å²) in [5.74, 6) is 1.23. The quantitative estimate of drug-likeness (QED) is 0.802. The Hall–Kier alpha value is -1.07. The van der Waals surface area contributed by atoms with Crippen molar-refractivity contribution in [3.05, 3.63) is 17.8 Å². The SMILES string of the molecule is CC(C)c1c(OC2CC2)ccnc1B1OC(C)(C)C(C)(C)O1. The Morgan fingerprint density at radius 1 is 1.18 bits per heavy atom. The van der Waals surface area contributed by atoms with Crippen molar-refractivity contribution >= 4 is 12.7 Å². The standard InChI is InChI=1S/C17H26BNO3/c1-11(2)14-13(20-12-7-8-12)9-10-19-15(14)18-21-16(3,4)17(5,6)22-18/h9-12H,7-8H2,1-6H3. The summed E-state index contributed by atoms with van der Waals surface area (Å²) in [5, 5.41) is 0. The van der Waals surface area contributed by atoms with Gasteiger partial charge in [0.2, 0.25) is 0 Å². The van der Waals surface area contributed by atoms with E-state index in [0.717, 1.165) is 29.7 Å². The highest BCUT2D eigenvalue weighted by atomic mass is 16.7. The molecule has 0 spiro atoms. The molecule has 2 aliphatic rings. The molecule has 120 valence electrons. The van der Waals surface area contributed by atoms with Gasteiger partial charge in [0.15, 0.2) is 0 Å². The van der Waals surface area contributed by atoms with Gasteiger partial charge in [0.05, 0.1) is 22.9 Å². The fourth-order valence-electron chi connectivity index (χ4n) is 2.66. The van der Waals surface area contributed by atoms with E-state index in [9.17, 15) is 0 Å². The van der Waals surface area contributed by atoms with Crippen molar-refractivity contribution in [3.63, 3.8) is 0 Å². The summed E-state index contributed by atoms with van der Waals surface area (Å²) in [6.07, 6.45) is 4.45. The molecular formula is C17H26BNO3. The van der Waals surface area contributed by atoms with Crippen LogP contribution in [0.2, 0.25) is 0 Å². The van der Waals surface area contributed by atoms with Crippen molar-refractivity contribution in [3.8, 4) is 5.75 Å². The molecule has 1 aromatic rings. The fourth-order valence-corrected chi connectivity index (χ4v) is 2.66. The number of hydrogen-bond donors (Lipinski definition) is 0. The Bertz CT molecular complexity index is 551. The molecule has 1 saturated carbocycles. The molecule has 1 aliphatic heterocycles. The van der Waals surface area contributed by atoms with Gasteiger partial charge < -0.3 is 14.0 Å². The molecule has 2 fully saturated rings. The Kier molecular flexibility index (Phi) is 3.77. The molecule has 2 heterocycles. The molecule has 0 amide bonds. The van der Waals surface area contributed by atoms with Crippen LogP contribution in [0, 0.1) is 0 Å². The lowest BCUT2D eigenvalue weighted by atomic mass is 9.77. The van der Waals surface area contributed by atoms with Crippen molar-refractivity contribution in [2.45, 2.75) is 77.6 Å². The molecule has 0 N–H and O–H groups in total. The van der Waals surface area contributed by atoms with Gasteiger partial charge in [-0.25, -0.2) is 0 Å². The van der Waals surface area contributed by atoms with E-state index in [1.165, 1.54) is 0 Å². The minimum Gasteiger partial charge on any atom is -0.490 e. The number of rotatable bonds is 4. The first-order valence-electron chi connectivity index (χ1n) is 8.22. The summed E-state index contributed by atoms with van der Waals surface area (Å²) in [4.78, 5) is 4.57. The van der Waals surface area contributed by atoms with Crippen LogP contribution in [0.15, 0.2) is 12.3 Å². The average molecular weight is 303 g/mol. The molecule has 1 saturated heterocycles. The van der Waals surface area contributed by atoms with E-state index in [4.69, 9.17) is 14.0 Å². The van der Waals surface area contributed by atoms with E-state index in [-0.39, 0.29) is 11.2 Å². The van der Waals surface area contributed by atoms with Gasteiger partial charge in [-0.2, -0.15) is 0 Å². The zero-order valence-electron chi connectivity index (χ0n) is 14.5. The minimum atomic E-state index is -0.440. The van der Waals surface area contributed by atoms with E-state index in [1.54, 1.807) is 6.20 Å². The first-order chi connectivity index (χ1) is 10.2. The maximum Gasteiger partial charge on any atom is 0.514 e. The first-order valence-corrected chi connectivity index (χ1v) is 8.22. The molecule has 3 rings (SSSR count). The molecule has 1 aromatic heterocycles. The third-order valence-corrected chi connectivity index (χ3v) is 4.85. The van der Waals surface area contributed by atoms with Gasteiger partial charge in [-0.05, 0) is 52.5 Å². The van der Waals surface area contributed by atoms with Gasteiger partial charge in [0.1, 0.15) is 5.75 Å². The summed E-state index contributed by atoms with van der Waals surface area (Å²) in [5.41, 5.74) is 1.24. The lowest BCUT2D eigenvalue weighted by molar-refractivity contribution is 0.00578. The van der Waals surface area contributed by atoms with E-state index in [0.29, 0.717) is 12.0 Å². The maximum absolute atomic E-state index is 6.18. The highest BCUT2D eigenvalue weighted by Gasteiger charge is 2.53. The van der Waals surface area contributed by atoms with Crippen LogP contribution in [-0.4, -0.2) is 29.4 Å². The van der Waals surface area contributed by atoms with E-state index < -0.39 is 7.12 Å². The number of nitrogens with zero attached hydrogens (tertiary/aromatic N) is 1. The van der Waals surface area contributed by atoms with Crippen molar-refractivity contribution in [2.24, 2.45) is 0 Å². The summed E-state index contributed by atoms with van der Waals surface area (Å²) in [6.45, 7) is 12.6. The second-order valence-corrected chi connectivity index (χ2v) is 7.67. The highest BCUT2D eigenvalue weighted by molar-refractivity contribution is 6.61. The lowest BCUT2D eigenvalue weighted by Gasteiger charge is -2.32. The highest BCUT2D eigenvalue weighted by Crippen LogP contribution is 2.38. The fraction of sp³-hybridized carbons (Fsp3) is 0.706. The molecular weight excluding hydrogens is 277 g/mol. The van der Waals surface area contributed by atoms with E-state index >= 15 is 0 Å². The normalized spacial score (nSPS) is 23.1. The third-order valence-electron chi connectivity index (χ3n) is 4.85. The van der Waals surface area contributed by atoms with Crippen LogP contribution in [0.4, 0.5) is 0 Å². The van der Waals surface area contributed by atoms with Crippen molar-refractivity contribution in [1.29, 1.82) is 0 Å². The monoisotopic (exact) mass is 303 g/mol. The van der Waals surface area contributed by atoms with Crippen LogP contribution in [0.5, 0.6) is 5.75 Å². The van der Waals surface area contributed by atoms with E-state index in [2.05, 4.69) is 46.5 Å². The summed E-state index contributed by atoms with van der Waals surface area (Å²) in [6, 6.07) is 1.96. The smallest absolute Gasteiger partial charge is 0.490 e.